The second-order valence-corrected chi connectivity index (χ2v) is 3.57. The molecule has 0 aromatic rings. The second kappa shape index (κ2) is 4.45. The van der Waals surface area contributed by atoms with Crippen LogP contribution in [0.5, 0.6) is 0 Å². The van der Waals surface area contributed by atoms with Crippen LogP contribution in [0, 0.1) is 5.92 Å². The number of methoxy groups -OCH3 is 1. The van der Waals surface area contributed by atoms with Gasteiger partial charge in [-0.15, -0.1) is 0 Å². The lowest BCUT2D eigenvalue weighted by atomic mass is 9.84. The van der Waals surface area contributed by atoms with Crippen molar-refractivity contribution in [2.45, 2.75) is 38.1 Å². The molecule has 1 saturated carbocycles. The first-order valence-corrected chi connectivity index (χ1v) is 4.54. The third-order valence-electron chi connectivity index (χ3n) is 2.51. The summed E-state index contributed by atoms with van der Waals surface area (Å²) in [4.78, 5) is 10.9. The molecule has 1 aliphatic carbocycles. The van der Waals surface area contributed by atoms with E-state index < -0.39 is 0 Å². The van der Waals surface area contributed by atoms with Crippen molar-refractivity contribution in [2.24, 2.45) is 11.7 Å². The predicted molar refractivity (Wildman–Crippen MR) is 46.6 cm³/mol. The molecule has 70 valence electrons. The van der Waals surface area contributed by atoms with Crippen molar-refractivity contribution < 1.29 is 9.53 Å². The Morgan fingerprint density at radius 3 is 2.92 bits per heavy atom. The maximum atomic E-state index is 10.9. The van der Waals surface area contributed by atoms with Gasteiger partial charge in [0.05, 0.1) is 7.11 Å². The van der Waals surface area contributed by atoms with E-state index in [0.717, 1.165) is 25.7 Å². The minimum absolute atomic E-state index is 0.103. The van der Waals surface area contributed by atoms with Crippen LogP contribution in [0.3, 0.4) is 0 Å². The van der Waals surface area contributed by atoms with Gasteiger partial charge in [0.15, 0.2) is 0 Å². The molecule has 0 saturated heterocycles. The Labute approximate surface area is 73.3 Å². The summed E-state index contributed by atoms with van der Waals surface area (Å²) in [5, 5.41) is 0. The highest BCUT2D eigenvalue weighted by atomic mass is 16.5. The van der Waals surface area contributed by atoms with Gasteiger partial charge in [-0.2, -0.15) is 0 Å². The normalized spacial score (nSPS) is 29.8. The summed E-state index contributed by atoms with van der Waals surface area (Å²) < 4.78 is 4.61. The third kappa shape index (κ3) is 2.81. The van der Waals surface area contributed by atoms with Crippen LogP contribution in [0.1, 0.15) is 32.1 Å². The molecule has 0 heterocycles. The highest BCUT2D eigenvalue weighted by Gasteiger charge is 2.21. The van der Waals surface area contributed by atoms with Crippen LogP contribution in [0.2, 0.25) is 0 Å². The molecule has 3 nitrogen and oxygen atoms in total. The number of carbonyl (C=O) groups is 1. The van der Waals surface area contributed by atoms with E-state index in [4.69, 9.17) is 5.73 Å². The predicted octanol–water partition coefficient (Wildman–Crippen LogP) is 1.07. The zero-order valence-corrected chi connectivity index (χ0v) is 7.58. The monoisotopic (exact) mass is 171 g/mol. The van der Waals surface area contributed by atoms with Gasteiger partial charge < -0.3 is 10.5 Å². The summed E-state index contributed by atoms with van der Waals surface area (Å²) in [7, 11) is 1.44. The summed E-state index contributed by atoms with van der Waals surface area (Å²) in [6.45, 7) is 0. The lowest BCUT2D eigenvalue weighted by Gasteiger charge is -2.25. The fourth-order valence-electron chi connectivity index (χ4n) is 1.84. The van der Waals surface area contributed by atoms with Gasteiger partial charge in [-0.25, -0.2) is 0 Å². The van der Waals surface area contributed by atoms with Gasteiger partial charge in [0, 0.05) is 12.5 Å². The number of nitrogens with two attached hydrogens (primary N) is 1. The number of ether oxygens (including phenoxy) is 1. The molecule has 2 N–H and O–H groups in total. The molecule has 3 heteroatoms. The molecule has 0 bridgehead atoms. The summed E-state index contributed by atoms with van der Waals surface area (Å²) in [6, 6.07) is 0.299. The summed E-state index contributed by atoms with van der Waals surface area (Å²) in [6.07, 6.45) is 4.92. The van der Waals surface area contributed by atoms with Crippen LogP contribution in [-0.2, 0) is 9.53 Å². The molecule has 1 rings (SSSR count). The minimum Gasteiger partial charge on any atom is -0.469 e. The van der Waals surface area contributed by atoms with Crippen LogP contribution in [0.15, 0.2) is 0 Å². The van der Waals surface area contributed by atoms with Crippen LogP contribution in [-0.4, -0.2) is 19.1 Å². The van der Waals surface area contributed by atoms with Crippen molar-refractivity contribution >= 4 is 5.97 Å². The van der Waals surface area contributed by atoms with E-state index in [9.17, 15) is 4.79 Å². The van der Waals surface area contributed by atoms with Crippen LogP contribution in [0.4, 0.5) is 0 Å². The fourth-order valence-corrected chi connectivity index (χ4v) is 1.84. The Kier molecular flexibility index (Phi) is 3.53. The molecule has 2 atom stereocenters. The van der Waals surface area contributed by atoms with E-state index >= 15 is 0 Å². The van der Waals surface area contributed by atoms with Crippen molar-refractivity contribution in [1.29, 1.82) is 0 Å². The molecule has 12 heavy (non-hydrogen) atoms. The molecule has 0 spiro atoms. The largest absolute Gasteiger partial charge is 0.469 e. The molecular weight excluding hydrogens is 154 g/mol. The first-order chi connectivity index (χ1) is 5.72. The number of carbonyl (C=O) groups excluding carboxylic acids is 1. The van der Waals surface area contributed by atoms with Gasteiger partial charge in [-0.3, -0.25) is 4.79 Å². The van der Waals surface area contributed by atoms with Gasteiger partial charge in [0.2, 0.25) is 0 Å². The first-order valence-electron chi connectivity index (χ1n) is 4.54. The van der Waals surface area contributed by atoms with Gasteiger partial charge in [0.1, 0.15) is 0 Å². The van der Waals surface area contributed by atoms with Crippen molar-refractivity contribution in [3.63, 3.8) is 0 Å². The maximum Gasteiger partial charge on any atom is 0.305 e. The Bertz CT molecular complexity index is 159. The number of hydrogen-bond acceptors (Lipinski definition) is 3. The fraction of sp³-hybridized carbons (Fsp3) is 0.889. The molecule has 0 unspecified atom stereocenters. The molecule has 0 radical (unpaired) electrons. The van der Waals surface area contributed by atoms with Gasteiger partial charge in [-0.05, 0) is 25.2 Å². The second-order valence-electron chi connectivity index (χ2n) is 3.57. The third-order valence-corrected chi connectivity index (χ3v) is 2.51. The Hall–Kier alpha value is -0.570. The minimum atomic E-state index is -0.103. The lowest BCUT2D eigenvalue weighted by molar-refractivity contribution is -0.142. The smallest absolute Gasteiger partial charge is 0.305 e. The average molecular weight is 171 g/mol. The molecule has 1 fully saturated rings. The molecule has 0 aromatic carbocycles. The van der Waals surface area contributed by atoms with Gasteiger partial charge >= 0.3 is 5.97 Å². The van der Waals surface area contributed by atoms with E-state index in [1.165, 1.54) is 7.11 Å². The van der Waals surface area contributed by atoms with Crippen molar-refractivity contribution in [3.8, 4) is 0 Å². The van der Waals surface area contributed by atoms with Crippen molar-refractivity contribution in [2.75, 3.05) is 7.11 Å². The SMILES string of the molecule is COC(=O)C[C@@H]1CCC[C@H](N)C1. The van der Waals surface area contributed by atoms with Crippen LogP contribution in [0.25, 0.3) is 0 Å². The molecule has 1 aliphatic rings. The van der Waals surface area contributed by atoms with E-state index in [1.807, 2.05) is 0 Å². The highest BCUT2D eigenvalue weighted by Crippen LogP contribution is 2.25. The molecular formula is C9H17NO2. The first kappa shape index (κ1) is 9.52. The van der Waals surface area contributed by atoms with Crippen LogP contribution >= 0.6 is 0 Å². The molecule has 0 aliphatic heterocycles. The van der Waals surface area contributed by atoms with Crippen molar-refractivity contribution in [3.05, 3.63) is 0 Å². The Balaban J connectivity index is 2.27. The maximum absolute atomic E-state index is 10.9. The van der Waals surface area contributed by atoms with E-state index in [0.29, 0.717) is 18.4 Å². The highest BCUT2D eigenvalue weighted by molar-refractivity contribution is 5.69. The standard InChI is InChI=1S/C9H17NO2/c1-12-9(11)6-7-3-2-4-8(10)5-7/h7-8H,2-6,10H2,1H3/t7-,8+/m1/s1. The number of rotatable bonds is 2. The molecule has 0 aromatic heterocycles. The summed E-state index contributed by atoms with van der Waals surface area (Å²) in [5.41, 5.74) is 5.79. The lowest BCUT2D eigenvalue weighted by Crippen LogP contribution is -2.29. The Morgan fingerprint density at radius 2 is 2.33 bits per heavy atom. The topological polar surface area (TPSA) is 52.3 Å². The molecule has 0 amide bonds. The summed E-state index contributed by atoms with van der Waals surface area (Å²) in [5.74, 6) is 0.357. The van der Waals surface area contributed by atoms with E-state index in [1.54, 1.807) is 0 Å². The Morgan fingerprint density at radius 1 is 1.58 bits per heavy atom. The number of hydrogen-bond donors (Lipinski definition) is 1. The summed E-state index contributed by atoms with van der Waals surface area (Å²) >= 11 is 0. The average Bonchev–Trinajstić information content (AvgIpc) is 2.04. The van der Waals surface area contributed by atoms with E-state index in [2.05, 4.69) is 4.74 Å². The van der Waals surface area contributed by atoms with Crippen molar-refractivity contribution in [1.82, 2.24) is 0 Å². The van der Waals surface area contributed by atoms with Gasteiger partial charge in [0.25, 0.3) is 0 Å². The zero-order chi connectivity index (χ0) is 8.97. The number of esters is 1. The van der Waals surface area contributed by atoms with Crippen LogP contribution < -0.4 is 5.73 Å². The van der Waals surface area contributed by atoms with Gasteiger partial charge in [-0.1, -0.05) is 6.42 Å². The zero-order valence-electron chi connectivity index (χ0n) is 7.58. The van der Waals surface area contributed by atoms with E-state index in [-0.39, 0.29) is 5.97 Å². The quantitative estimate of drug-likeness (QED) is 0.632.